The maximum atomic E-state index is 5.84. The average Bonchev–Trinajstić information content (AvgIpc) is 2.32. The van der Waals surface area contributed by atoms with E-state index in [-0.39, 0.29) is 0 Å². The minimum Gasteiger partial charge on any atom is -0.383 e. The molecule has 0 radical (unpaired) electrons. The second-order valence-corrected chi connectivity index (χ2v) is 4.04. The Balaban J connectivity index is 2.08. The van der Waals surface area contributed by atoms with Crippen LogP contribution < -0.4 is 5.73 Å². The van der Waals surface area contributed by atoms with Crippen LogP contribution in [0.5, 0.6) is 0 Å². The molecule has 2 aromatic rings. The van der Waals surface area contributed by atoms with Gasteiger partial charge in [0.25, 0.3) is 0 Å². The highest BCUT2D eigenvalue weighted by Crippen LogP contribution is 2.13. The standard InChI is InChI=1S/C14H16N2/c1-11-9-13(14(15)16-10-11)8-7-12-5-3-2-4-6-12/h2-6,9-10H,7-8H2,1H3,(H2,15,16). The number of rotatable bonds is 3. The number of anilines is 1. The summed E-state index contributed by atoms with van der Waals surface area (Å²) in [6, 6.07) is 12.6. The van der Waals surface area contributed by atoms with E-state index in [9.17, 15) is 0 Å². The van der Waals surface area contributed by atoms with Crippen molar-refractivity contribution in [3.8, 4) is 0 Å². The first-order valence-corrected chi connectivity index (χ1v) is 5.50. The fraction of sp³-hybridized carbons (Fsp3) is 0.214. The third kappa shape index (κ3) is 2.60. The van der Waals surface area contributed by atoms with Crippen molar-refractivity contribution < 1.29 is 0 Å². The first-order valence-electron chi connectivity index (χ1n) is 5.50. The summed E-state index contributed by atoms with van der Waals surface area (Å²) in [4.78, 5) is 4.17. The van der Waals surface area contributed by atoms with E-state index >= 15 is 0 Å². The molecule has 0 unspecified atom stereocenters. The van der Waals surface area contributed by atoms with Gasteiger partial charge in [-0.05, 0) is 36.5 Å². The van der Waals surface area contributed by atoms with Crippen molar-refractivity contribution in [2.24, 2.45) is 0 Å². The quantitative estimate of drug-likeness (QED) is 0.849. The van der Waals surface area contributed by atoms with Gasteiger partial charge in [-0.3, -0.25) is 0 Å². The molecule has 16 heavy (non-hydrogen) atoms. The Hall–Kier alpha value is -1.83. The normalized spacial score (nSPS) is 10.3. The number of aromatic nitrogens is 1. The van der Waals surface area contributed by atoms with E-state index in [1.807, 2.05) is 13.0 Å². The molecule has 0 fully saturated rings. The fourth-order valence-corrected chi connectivity index (χ4v) is 1.76. The molecule has 0 spiro atoms. The lowest BCUT2D eigenvalue weighted by molar-refractivity contribution is 0.951. The van der Waals surface area contributed by atoms with Crippen LogP contribution in [0.4, 0.5) is 5.82 Å². The monoisotopic (exact) mass is 212 g/mol. The molecule has 0 aliphatic rings. The summed E-state index contributed by atoms with van der Waals surface area (Å²) < 4.78 is 0. The van der Waals surface area contributed by atoms with Gasteiger partial charge < -0.3 is 5.73 Å². The van der Waals surface area contributed by atoms with E-state index in [1.165, 1.54) is 5.56 Å². The van der Waals surface area contributed by atoms with E-state index in [0.717, 1.165) is 24.0 Å². The molecule has 2 N–H and O–H groups in total. The van der Waals surface area contributed by atoms with E-state index in [0.29, 0.717) is 5.82 Å². The summed E-state index contributed by atoms with van der Waals surface area (Å²) in [7, 11) is 0. The Kier molecular flexibility index (Phi) is 3.20. The third-order valence-electron chi connectivity index (χ3n) is 2.66. The number of nitrogens with zero attached hydrogens (tertiary/aromatic N) is 1. The number of hydrogen-bond acceptors (Lipinski definition) is 2. The zero-order chi connectivity index (χ0) is 11.4. The van der Waals surface area contributed by atoms with Crippen molar-refractivity contribution in [2.45, 2.75) is 19.8 Å². The molecule has 0 amide bonds. The van der Waals surface area contributed by atoms with Crippen molar-refractivity contribution >= 4 is 5.82 Å². The van der Waals surface area contributed by atoms with Crippen LogP contribution in [0.1, 0.15) is 16.7 Å². The smallest absolute Gasteiger partial charge is 0.126 e. The molecule has 1 aromatic heterocycles. The number of aryl methyl sites for hydroxylation is 3. The number of nitrogen functional groups attached to an aromatic ring is 1. The topological polar surface area (TPSA) is 38.9 Å². The predicted octanol–water partition coefficient (Wildman–Crippen LogP) is 2.76. The zero-order valence-electron chi connectivity index (χ0n) is 9.48. The lowest BCUT2D eigenvalue weighted by atomic mass is 10.0. The molecule has 0 saturated heterocycles. The maximum Gasteiger partial charge on any atom is 0.126 e. The second kappa shape index (κ2) is 4.79. The van der Waals surface area contributed by atoms with Gasteiger partial charge in [0.15, 0.2) is 0 Å². The zero-order valence-corrected chi connectivity index (χ0v) is 9.48. The molecular weight excluding hydrogens is 196 g/mol. The van der Waals surface area contributed by atoms with Crippen molar-refractivity contribution in [2.75, 3.05) is 5.73 Å². The highest BCUT2D eigenvalue weighted by molar-refractivity contribution is 5.41. The second-order valence-electron chi connectivity index (χ2n) is 4.04. The molecule has 2 nitrogen and oxygen atoms in total. The Morgan fingerprint density at radius 3 is 2.62 bits per heavy atom. The van der Waals surface area contributed by atoms with Crippen molar-refractivity contribution in [3.05, 3.63) is 59.3 Å². The molecule has 0 aliphatic heterocycles. The first kappa shape index (κ1) is 10.7. The highest BCUT2D eigenvalue weighted by atomic mass is 14.8. The van der Waals surface area contributed by atoms with Gasteiger partial charge >= 0.3 is 0 Å². The van der Waals surface area contributed by atoms with Gasteiger partial charge in [-0.1, -0.05) is 36.4 Å². The molecular formula is C14H16N2. The molecule has 2 rings (SSSR count). The molecule has 2 heteroatoms. The SMILES string of the molecule is Cc1cnc(N)c(CCc2ccccc2)c1. The maximum absolute atomic E-state index is 5.84. The van der Waals surface area contributed by atoms with Crippen LogP contribution in [0.15, 0.2) is 42.6 Å². The van der Waals surface area contributed by atoms with Crippen LogP contribution in [-0.4, -0.2) is 4.98 Å². The molecule has 0 bridgehead atoms. The molecule has 0 atom stereocenters. The van der Waals surface area contributed by atoms with Gasteiger partial charge in [0, 0.05) is 6.20 Å². The van der Waals surface area contributed by atoms with Crippen LogP contribution in [0.2, 0.25) is 0 Å². The largest absolute Gasteiger partial charge is 0.383 e. The summed E-state index contributed by atoms with van der Waals surface area (Å²) >= 11 is 0. The van der Waals surface area contributed by atoms with Gasteiger partial charge in [-0.2, -0.15) is 0 Å². The van der Waals surface area contributed by atoms with E-state index in [1.54, 1.807) is 6.20 Å². The lowest BCUT2D eigenvalue weighted by Crippen LogP contribution is -2.00. The van der Waals surface area contributed by atoms with E-state index in [4.69, 9.17) is 5.73 Å². The van der Waals surface area contributed by atoms with Gasteiger partial charge in [-0.15, -0.1) is 0 Å². The Morgan fingerprint density at radius 2 is 1.88 bits per heavy atom. The van der Waals surface area contributed by atoms with E-state index in [2.05, 4.69) is 35.3 Å². The predicted molar refractivity (Wildman–Crippen MR) is 67.2 cm³/mol. The Bertz CT molecular complexity index is 463. The van der Waals surface area contributed by atoms with Crippen LogP contribution in [0.3, 0.4) is 0 Å². The summed E-state index contributed by atoms with van der Waals surface area (Å²) in [5.74, 6) is 0.654. The Morgan fingerprint density at radius 1 is 1.12 bits per heavy atom. The van der Waals surface area contributed by atoms with Gasteiger partial charge in [0.05, 0.1) is 0 Å². The summed E-state index contributed by atoms with van der Waals surface area (Å²) in [6.07, 6.45) is 3.77. The summed E-state index contributed by atoms with van der Waals surface area (Å²) in [6.45, 7) is 2.04. The Labute approximate surface area is 96.1 Å². The van der Waals surface area contributed by atoms with Crippen LogP contribution >= 0.6 is 0 Å². The van der Waals surface area contributed by atoms with Gasteiger partial charge in [0.1, 0.15) is 5.82 Å². The third-order valence-corrected chi connectivity index (χ3v) is 2.66. The van der Waals surface area contributed by atoms with Gasteiger partial charge in [-0.25, -0.2) is 4.98 Å². The van der Waals surface area contributed by atoms with Crippen molar-refractivity contribution in [1.29, 1.82) is 0 Å². The highest BCUT2D eigenvalue weighted by Gasteiger charge is 2.01. The number of hydrogen-bond donors (Lipinski definition) is 1. The molecule has 82 valence electrons. The van der Waals surface area contributed by atoms with Crippen molar-refractivity contribution in [1.82, 2.24) is 4.98 Å². The molecule has 1 aromatic carbocycles. The van der Waals surface area contributed by atoms with Crippen LogP contribution in [-0.2, 0) is 12.8 Å². The number of nitrogens with two attached hydrogens (primary N) is 1. The number of pyridine rings is 1. The van der Waals surface area contributed by atoms with Crippen LogP contribution in [0.25, 0.3) is 0 Å². The molecule has 0 saturated carbocycles. The summed E-state index contributed by atoms with van der Waals surface area (Å²) in [5, 5.41) is 0. The van der Waals surface area contributed by atoms with Gasteiger partial charge in [0.2, 0.25) is 0 Å². The minimum absolute atomic E-state index is 0.654. The molecule has 1 heterocycles. The summed E-state index contributed by atoms with van der Waals surface area (Å²) in [5.41, 5.74) is 9.49. The van der Waals surface area contributed by atoms with Crippen molar-refractivity contribution in [3.63, 3.8) is 0 Å². The van der Waals surface area contributed by atoms with E-state index < -0.39 is 0 Å². The van der Waals surface area contributed by atoms with Crippen LogP contribution in [0, 0.1) is 6.92 Å². The lowest BCUT2D eigenvalue weighted by Gasteiger charge is -2.05. The average molecular weight is 212 g/mol. The minimum atomic E-state index is 0.654. The fourth-order valence-electron chi connectivity index (χ4n) is 1.76. The first-order chi connectivity index (χ1) is 7.75. The number of benzene rings is 1. The molecule has 0 aliphatic carbocycles.